The first kappa shape index (κ1) is 13.9. The third-order valence-electron chi connectivity index (χ3n) is 3.28. The zero-order chi connectivity index (χ0) is 15.0. The van der Waals surface area contributed by atoms with Crippen molar-refractivity contribution in [3.05, 3.63) is 58.9 Å². The van der Waals surface area contributed by atoms with Gasteiger partial charge in [-0.3, -0.25) is 4.57 Å². The van der Waals surface area contributed by atoms with Gasteiger partial charge in [-0.05, 0) is 31.2 Å². The second-order valence-corrected chi connectivity index (χ2v) is 5.72. The topological polar surface area (TPSA) is 41.6 Å². The fourth-order valence-electron chi connectivity index (χ4n) is 2.36. The molecule has 0 amide bonds. The van der Waals surface area contributed by atoms with Gasteiger partial charge in [-0.1, -0.05) is 29.8 Å². The van der Waals surface area contributed by atoms with Crippen LogP contribution in [0, 0.1) is 11.3 Å². The molecule has 2 aromatic carbocycles. The van der Waals surface area contributed by atoms with E-state index in [2.05, 4.69) is 11.1 Å². The van der Waals surface area contributed by atoms with Crippen LogP contribution < -0.4 is 0 Å². The first-order valence-corrected chi connectivity index (χ1v) is 7.25. The number of nitriles is 1. The maximum Gasteiger partial charge on any atom is 0.132 e. The Balaban J connectivity index is 2.44. The summed E-state index contributed by atoms with van der Waals surface area (Å²) >= 11 is 12.6. The summed E-state index contributed by atoms with van der Waals surface area (Å²) in [5.74, 6) is 0.669. The van der Waals surface area contributed by atoms with E-state index in [9.17, 15) is 5.26 Å². The standard InChI is InChI=1S/C16H11Cl2N3/c1-10(17)16-20-15-11(9-19)5-4-8-14(15)21(16)13-7-3-2-6-12(13)18/h2-8,10H,1H3. The van der Waals surface area contributed by atoms with Crippen LogP contribution >= 0.6 is 23.2 Å². The minimum Gasteiger partial charge on any atom is -0.293 e. The molecule has 0 fully saturated rings. The quantitative estimate of drug-likeness (QED) is 0.634. The second kappa shape index (κ2) is 5.40. The van der Waals surface area contributed by atoms with E-state index in [1.165, 1.54) is 0 Å². The highest BCUT2D eigenvalue weighted by Gasteiger charge is 2.19. The van der Waals surface area contributed by atoms with E-state index >= 15 is 0 Å². The molecule has 1 atom stereocenters. The van der Waals surface area contributed by atoms with Crippen LogP contribution in [0.25, 0.3) is 16.7 Å². The summed E-state index contributed by atoms with van der Waals surface area (Å²) in [5, 5.41) is 9.54. The van der Waals surface area contributed by atoms with Crippen molar-refractivity contribution < 1.29 is 0 Å². The van der Waals surface area contributed by atoms with Crippen molar-refractivity contribution in [2.24, 2.45) is 0 Å². The molecule has 0 aliphatic heterocycles. The molecule has 104 valence electrons. The summed E-state index contributed by atoms with van der Waals surface area (Å²) in [6.07, 6.45) is 0. The zero-order valence-electron chi connectivity index (χ0n) is 11.2. The van der Waals surface area contributed by atoms with E-state index < -0.39 is 0 Å². The van der Waals surface area contributed by atoms with Crippen molar-refractivity contribution in [2.45, 2.75) is 12.3 Å². The minimum atomic E-state index is -0.305. The summed E-state index contributed by atoms with van der Waals surface area (Å²) < 4.78 is 1.91. The number of rotatable bonds is 2. The average Bonchev–Trinajstić information content (AvgIpc) is 2.87. The number of halogens is 2. The number of imidazole rings is 1. The maximum absolute atomic E-state index is 9.24. The van der Waals surface area contributed by atoms with Gasteiger partial charge in [0.15, 0.2) is 0 Å². The van der Waals surface area contributed by atoms with Gasteiger partial charge in [-0.25, -0.2) is 4.98 Å². The number of alkyl halides is 1. The lowest BCUT2D eigenvalue weighted by molar-refractivity contribution is 0.882. The van der Waals surface area contributed by atoms with Crippen molar-refractivity contribution in [3.8, 4) is 11.8 Å². The highest BCUT2D eigenvalue weighted by Crippen LogP contribution is 2.32. The summed E-state index contributed by atoms with van der Waals surface area (Å²) in [6.45, 7) is 1.85. The number of nitrogens with zero attached hydrogens (tertiary/aromatic N) is 3. The fraction of sp³-hybridized carbons (Fsp3) is 0.125. The Morgan fingerprint density at radius 3 is 2.62 bits per heavy atom. The van der Waals surface area contributed by atoms with Crippen LogP contribution in [0.5, 0.6) is 0 Å². The molecular formula is C16H11Cl2N3. The Bertz CT molecular complexity index is 860. The van der Waals surface area contributed by atoms with Gasteiger partial charge in [0.05, 0.1) is 27.2 Å². The van der Waals surface area contributed by atoms with E-state index in [-0.39, 0.29) is 5.38 Å². The Labute approximate surface area is 132 Å². The predicted molar refractivity (Wildman–Crippen MR) is 85.1 cm³/mol. The van der Waals surface area contributed by atoms with Gasteiger partial charge in [0.25, 0.3) is 0 Å². The normalized spacial score (nSPS) is 12.3. The highest BCUT2D eigenvalue weighted by molar-refractivity contribution is 6.32. The molecule has 1 aromatic heterocycles. The predicted octanol–water partition coefficient (Wildman–Crippen LogP) is 4.85. The largest absolute Gasteiger partial charge is 0.293 e. The summed E-state index contributed by atoms with van der Waals surface area (Å²) in [6, 6.07) is 15.2. The Hall–Kier alpha value is -2.02. The van der Waals surface area contributed by atoms with Crippen LogP contribution in [-0.4, -0.2) is 9.55 Å². The molecular weight excluding hydrogens is 305 g/mol. The van der Waals surface area contributed by atoms with E-state index in [0.717, 1.165) is 11.2 Å². The first-order chi connectivity index (χ1) is 10.1. The van der Waals surface area contributed by atoms with Crippen molar-refractivity contribution in [2.75, 3.05) is 0 Å². The van der Waals surface area contributed by atoms with Crippen molar-refractivity contribution in [1.29, 1.82) is 5.26 Å². The zero-order valence-corrected chi connectivity index (χ0v) is 12.7. The van der Waals surface area contributed by atoms with Crippen LogP contribution in [0.4, 0.5) is 0 Å². The average molecular weight is 316 g/mol. The molecule has 0 N–H and O–H groups in total. The molecule has 0 bridgehead atoms. The lowest BCUT2D eigenvalue weighted by Gasteiger charge is -2.12. The fourth-order valence-corrected chi connectivity index (χ4v) is 2.73. The summed E-state index contributed by atoms with van der Waals surface area (Å²) in [7, 11) is 0. The molecule has 1 unspecified atom stereocenters. The van der Waals surface area contributed by atoms with Gasteiger partial charge in [-0.15, -0.1) is 11.6 Å². The van der Waals surface area contributed by atoms with Crippen molar-refractivity contribution >= 4 is 34.2 Å². The van der Waals surface area contributed by atoms with Crippen LogP contribution in [0.3, 0.4) is 0 Å². The van der Waals surface area contributed by atoms with Crippen LogP contribution in [0.2, 0.25) is 5.02 Å². The van der Waals surface area contributed by atoms with Gasteiger partial charge >= 0.3 is 0 Å². The lowest BCUT2D eigenvalue weighted by Crippen LogP contribution is -2.02. The number of benzene rings is 2. The number of aromatic nitrogens is 2. The Morgan fingerprint density at radius 2 is 1.95 bits per heavy atom. The van der Waals surface area contributed by atoms with Crippen molar-refractivity contribution in [1.82, 2.24) is 9.55 Å². The van der Waals surface area contributed by atoms with E-state index in [1.54, 1.807) is 6.07 Å². The number of hydrogen-bond donors (Lipinski definition) is 0. The molecule has 21 heavy (non-hydrogen) atoms. The maximum atomic E-state index is 9.24. The molecule has 0 saturated carbocycles. The van der Waals surface area contributed by atoms with Crippen molar-refractivity contribution in [3.63, 3.8) is 0 Å². The second-order valence-electron chi connectivity index (χ2n) is 4.66. The molecule has 0 aliphatic carbocycles. The minimum absolute atomic E-state index is 0.305. The smallest absolute Gasteiger partial charge is 0.132 e. The van der Waals surface area contributed by atoms with Crippen LogP contribution in [-0.2, 0) is 0 Å². The molecule has 0 saturated heterocycles. The lowest BCUT2D eigenvalue weighted by atomic mass is 10.2. The third-order valence-corrected chi connectivity index (χ3v) is 3.80. The first-order valence-electron chi connectivity index (χ1n) is 6.44. The van der Waals surface area contributed by atoms with Gasteiger partial charge < -0.3 is 0 Å². The van der Waals surface area contributed by atoms with E-state index in [0.29, 0.717) is 21.9 Å². The van der Waals surface area contributed by atoms with E-state index in [1.807, 2.05) is 47.9 Å². The van der Waals surface area contributed by atoms with Crippen LogP contribution in [0.1, 0.15) is 23.7 Å². The SMILES string of the molecule is CC(Cl)c1nc2c(C#N)cccc2n1-c1ccccc1Cl. The molecule has 3 aromatic rings. The molecule has 5 heteroatoms. The van der Waals surface area contributed by atoms with Gasteiger partial charge in [0.2, 0.25) is 0 Å². The summed E-state index contributed by atoms with van der Waals surface area (Å²) in [4.78, 5) is 4.55. The van der Waals surface area contributed by atoms with Gasteiger partial charge in [0, 0.05) is 0 Å². The molecule has 0 aliphatic rings. The Kier molecular flexibility index (Phi) is 3.59. The van der Waals surface area contributed by atoms with Gasteiger partial charge in [-0.2, -0.15) is 5.26 Å². The molecule has 3 nitrogen and oxygen atoms in total. The molecule has 0 spiro atoms. The number of fused-ring (bicyclic) bond motifs is 1. The molecule has 3 rings (SSSR count). The summed E-state index contributed by atoms with van der Waals surface area (Å²) in [5.41, 5.74) is 2.79. The number of para-hydroxylation sites is 2. The monoisotopic (exact) mass is 315 g/mol. The Morgan fingerprint density at radius 1 is 1.19 bits per heavy atom. The van der Waals surface area contributed by atoms with Crippen LogP contribution in [0.15, 0.2) is 42.5 Å². The number of hydrogen-bond acceptors (Lipinski definition) is 2. The van der Waals surface area contributed by atoms with Gasteiger partial charge in [0.1, 0.15) is 17.4 Å². The molecule has 0 radical (unpaired) electrons. The third kappa shape index (κ3) is 2.27. The molecule has 1 heterocycles. The van der Waals surface area contributed by atoms with E-state index in [4.69, 9.17) is 23.2 Å². The highest BCUT2D eigenvalue weighted by atomic mass is 35.5.